The fraction of sp³-hybridized carbons (Fsp3) is 0.500. The van der Waals surface area contributed by atoms with Crippen LogP contribution in [0.4, 0.5) is 13.2 Å². The van der Waals surface area contributed by atoms with Gasteiger partial charge in [0.2, 0.25) is 5.91 Å². The third kappa shape index (κ3) is 3.44. The molecule has 17 heavy (non-hydrogen) atoms. The second kappa shape index (κ2) is 5.05. The molecule has 1 aromatic heterocycles. The van der Waals surface area contributed by atoms with Gasteiger partial charge in [-0.25, -0.2) is 0 Å². The van der Waals surface area contributed by atoms with Crippen LogP contribution in [0.25, 0.3) is 0 Å². The van der Waals surface area contributed by atoms with Crippen LogP contribution in [0.5, 0.6) is 0 Å². The number of nitrogens with one attached hydrogen (secondary N) is 1. The van der Waals surface area contributed by atoms with Crippen molar-refractivity contribution in [3.05, 3.63) is 22.4 Å². The van der Waals surface area contributed by atoms with Gasteiger partial charge >= 0.3 is 6.18 Å². The van der Waals surface area contributed by atoms with Crippen LogP contribution in [0.1, 0.15) is 12.5 Å². The van der Waals surface area contributed by atoms with Gasteiger partial charge in [-0.2, -0.15) is 24.5 Å². The molecule has 0 radical (unpaired) electrons. The maximum Gasteiger partial charge on any atom is 0.415 e. The topological polar surface area (TPSA) is 55.1 Å². The number of hydrogen-bond donors (Lipinski definition) is 2. The predicted octanol–water partition coefficient (Wildman–Crippen LogP) is 1.69. The van der Waals surface area contributed by atoms with E-state index in [1.54, 1.807) is 0 Å². The highest BCUT2D eigenvalue weighted by molar-refractivity contribution is 7.07. The van der Waals surface area contributed by atoms with Crippen molar-refractivity contribution < 1.29 is 18.0 Å². The molecule has 0 fully saturated rings. The van der Waals surface area contributed by atoms with Crippen molar-refractivity contribution in [3.8, 4) is 0 Å². The number of rotatable bonds is 4. The predicted molar refractivity (Wildman–Crippen MR) is 59.7 cm³/mol. The van der Waals surface area contributed by atoms with Crippen molar-refractivity contribution in [2.24, 2.45) is 5.73 Å². The molecule has 0 saturated heterocycles. The highest BCUT2D eigenvalue weighted by atomic mass is 32.1. The zero-order valence-electron chi connectivity index (χ0n) is 9.17. The molecule has 3 nitrogen and oxygen atoms in total. The SMILES string of the molecule is CC(N)(C(=O)NCCc1ccsc1)C(F)(F)F. The number of thiophene rings is 1. The molecule has 3 N–H and O–H groups in total. The van der Waals surface area contributed by atoms with Crippen LogP contribution >= 0.6 is 11.3 Å². The molecule has 0 aromatic carbocycles. The molecule has 0 aliphatic carbocycles. The Morgan fingerprint density at radius 3 is 2.65 bits per heavy atom. The summed E-state index contributed by atoms with van der Waals surface area (Å²) in [5.74, 6) is -1.21. The molecule has 1 rings (SSSR count). The number of halogens is 3. The zero-order valence-corrected chi connectivity index (χ0v) is 9.99. The third-order valence-corrected chi connectivity index (χ3v) is 3.07. The van der Waals surface area contributed by atoms with Crippen LogP contribution in [0, 0.1) is 0 Å². The number of carbonyl (C=O) groups excluding carboxylic acids is 1. The summed E-state index contributed by atoms with van der Waals surface area (Å²) < 4.78 is 37.2. The molecule has 96 valence electrons. The molecular formula is C10H13F3N2OS. The minimum Gasteiger partial charge on any atom is -0.354 e. The van der Waals surface area contributed by atoms with Gasteiger partial charge in [-0.3, -0.25) is 4.79 Å². The lowest BCUT2D eigenvalue weighted by Gasteiger charge is -2.26. The maximum absolute atomic E-state index is 12.4. The van der Waals surface area contributed by atoms with E-state index in [9.17, 15) is 18.0 Å². The van der Waals surface area contributed by atoms with Crippen LogP contribution in [0.2, 0.25) is 0 Å². The lowest BCUT2D eigenvalue weighted by Crippen LogP contribution is -2.61. The van der Waals surface area contributed by atoms with E-state index < -0.39 is 17.6 Å². The van der Waals surface area contributed by atoms with Gasteiger partial charge in [-0.1, -0.05) is 0 Å². The molecule has 1 atom stereocenters. The lowest BCUT2D eigenvalue weighted by molar-refractivity contribution is -0.187. The van der Waals surface area contributed by atoms with Crippen molar-refractivity contribution in [2.45, 2.75) is 25.1 Å². The standard InChI is InChI=1S/C10H13F3N2OS/c1-9(14,10(11,12)13)8(16)15-4-2-7-3-5-17-6-7/h3,5-6H,2,4,14H2,1H3,(H,15,16). The molecule has 0 bridgehead atoms. The number of hydrogen-bond acceptors (Lipinski definition) is 3. The summed E-state index contributed by atoms with van der Waals surface area (Å²) in [6, 6.07) is 1.85. The summed E-state index contributed by atoms with van der Waals surface area (Å²) in [6.07, 6.45) is -4.26. The van der Waals surface area contributed by atoms with Gasteiger partial charge in [0.25, 0.3) is 0 Å². The summed E-state index contributed by atoms with van der Waals surface area (Å²) in [7, 11) is 0. The van der Waals surface area contributed by atoms with Crippen molar-refractivity contribution >= 4 is 17.2 Å². The lowest BCUT2D eigenvalue weighted by atomic mass is 10.0. The minimum atomic E-state index is -4.75. The highest BCUT2D eigenvalue weighted by Crippen LogP contribution is 2.27. The average Bonchev–Trinajstić information content (AvgIpc) is 2.68. The Labute approximate surface area is 101 Å². The van der Waals surface area contributed by atoms with E-state index in [-0.39, 0.29) is 6.54 Å². The second-order valence-corrected chi connectivity index (χ2v) is 4.62. The number of alkyl halides is 3. The molecular weight excluding hydrogens is 253 g/mol. The Morgan fingerprint density at radius 1 is 1.53 bits per heavy atom. The van der Waals surface area contributed by atoms with Gasteiger partial charge < -0.3 is 11.1 Å². The Morgan fingerprint density at radius 2 is 2.18 bits per heavy atom. The van der Waals surface area contributed by atoms with Crippen LogP contribution in [-0.4, -0.2) is 24.2 Å². The molecule has 0 aliphatic rings. The Hall–Kier alpha value is -1.08. The summed E-state index contributed by atoms with van der Waals surface area (Å²) in [6.45, 7) is 0.797. The number of amides is 1. The van der Waals surface area contributed by atoms with Crippen LogP contribution in [-0.2, 0) is 11.2 Å². The fourth-order valence-corrected chi connectivity index (χ4v) is 1.77. The molecule has 0 saturated carbocycles. The fourth-order valence-electron chi connectivity index (χ4n) is 1.07. The van der Waals surface area contributed by atoms with E-state index in [2.05, 4.69) is 5.32 Å². The monoisotopic (exact) mass is 266 g/mol. The summed E-state index contributed by atoms with van der Waals surface area (Å²) in [5.41, 5.74) is 3.09. The van der Waals surface area contributed by atoms with E-state index in [0.29, 0.717) is 13.3 Å². The Kier molecular flexibility index (Phi) is 4.16. The quantitative estimate of drug-likeness (QED) is 0.871. The van der Waals surface area contributed by atoms with E-state index in [0.717, 1.165) is 5.56 Å². The molecule has 1 amide bonds. The first-order chi connectivity index (χ1) is 7.75. The van der Waals surface area contributed by atoms with Gasteiger partial charge in [0.15, 0.2) is 5.54 Å². The van der Waals surface area contributed by atoms with E-state index in [1.165, 1.54) is 11.3 Å². The van der Waals surface area contributed by atoms with Crippen molar-refractivity contribution in [2.75, 3.05) is 6.54 Å². The Balaban J connectivity index is 2.45. The maximum atomic E-state index is 12.4. The number of carbonyl (C=O) groups is 1. The number of nitrogens with two attached hydrogens (primary N) is 1. The largest absolute Gasteiger partial charge is 0.415 e. The van der Waals surface area contributed by atoms with Crippen LogP contribution in [0.15, 0.2) is 16.8 Å². The van der Waals surface area contributed by atoms with Gasteiger partial charge in [-0.05, 0) is 35.7 Å². The highest BCUT2D eigenvalue weighted by Gasteiger charge is 2.53. The van der Waals surface area contributed by atoms with Gasteiger partial charge in [0.1, 0.15) is 0 Å². The Bertz CT molecular complexity index is 373. The van der Waals surface area contributed by atoms with E-state index in [1.807, 2.05) is 16.8 Å². The molecule has 0 aliphatic heterocycles. The van der Waals surface area contributed by atoms with Crippen molar-refractivity contribution in [1.29, 1.82) is 0 Å². The molecule has 7 heteroatoms. The first kappa shape index (κ1) is 14.0. The normalized spacial score (nSPS) is 15.4. The van der Waals surface area contributed by atoms with E-state index in [4.69, 9.17) is 5.73 Å². The molecule has 1 aromatic rings. The summed E-state index contributed by atoms with van der Waals surface area (Å²) >= 11 is 1.49. The van der Waals surface area contributed by atoms with Gasteiger partial charge in [0.05, 0.1) is 0 Å². The third-order valence-electron chi connectivity index (χ3n) is 2.34. The van der Waals surface area contributed by atoms with Crippen molar-refractivity contribution in [3.63, 3.8) is 0 Å². The first-order valence-corrected chi connectivity index (χ1v) is 5.84. The molecule has 0 spiro atoms. The smallest absolute Gasteiger partial charge is 0.354 e. The zero-order chi connectivity index (χ0) is 13.1. The summed E-state index contributed by atoms with van der Waals surface area (Å²) in [5, 5.41) is 5.92. The second-order valence-electron chi connectivity index (χ2n) is 3.84. The van der Waals surface area contributed by atoms with Gasteiger partial charge in [-0.15, -0.1) is 0 Å². The van der Waals surface area contributed by atoms with Gasteiger partial charge in [0, 0.05) is 6.54 Å². The average molecular weight is 266 g/mol. The van der Waals surface area contributed by atoms with Crippen molar-refractivity contribution in [1.82, 2.24) is 5.32 Å². The summed E-state index contributed by atoms with van der Waals surface area (Å²) in [4.78, 5) is 11.3. The minimum absolute atomic E-state index is 0.137. The molecule has 1 unspecified atom stereocenters. The van der Waals surface area contributed by atoms with Crippen LogP contribution < -0.4 is 11.1 Å². The van der Waals surface area contributed by atoms with Crippen LogP contribution in [0.3, 0.4) is 0 Å². The molecule has 1 heterocycles. The first-order valence-electron chi connectivity index (χ1n) is 4.90. The van der Waals surface area contributed by atoms with E-state index >= 15 is 0 Å².